The fourth-order valence-electron chi connectivity index (χ4n) is 6.52. The van der Waals surface area contributed by atoms with Gasteiger partial charge in [-0.25, -0.2) is 0 Å². The molecule has 0 amide bonds. The van der Waals surface area contributed by atoms with Gasteiger partial charge in [0.25, 0.3) is 0 Å². The monoisotopic (exact) mass is 396 g/mol. The standard InChI is InChI=1S/C20H32O3.2C2H6.CH4/c1-3-23-20(22-2)11-10-14-13(12-20)4-5-16-15(14)6-7-18-17(16)8-9-19(18)21;2*1-2;/h12,14-19,21H,3-11H2,1-2H3;2*1-2H3;1H4. The smallest absolute Gasteiger partial charge is 0.187 e. The molecule has 0 bridgehead atoms. The topological polar surface area (TPSA) is 38.7 Å². The van der Waals surface area contributed by atoms with Gasteiger partial charge in [-0.15, -0.1) is 0 Å². The maximum absolute atomic E-state index is 10.3. The van der Waals surface area contributed by atoms with Crippen molar-refractivity contribution in [2.24, 2.45) is 29.6 Å². The van der Waals surface area contributed by atoms with E-state index in [-0.39, 0.29) is 13.5 Å². The first-order valence-corrected chi connectivity index (χ1v) is 11.8. The van der Waals surface area contributed by atoms with Gasteiger partial charge in [0.1, 0.15) is 0 Å². The number of methoxy groups -OCH3 is 1. The largest absolute Gasteiger partial charge is 0.393 e. The van der Waals surface area contributed by atoms with Gasteiger partial charge in [-0.3, -0.25) is 0 Å². The van der Waals surface area contributed by atoms with Crippen molar-refractivity contribution in [1.82, 2.24) is 0 Å². The van der Waals surface area contributed by atoms with Crippen LogP contribution in [0.1, 0.15) is 93.4 Å². The SMILES string of the molecule is C.CC.CC.CCOC1(OC)C=C2CCC3C(CCC4C(O)CCC43)C2CC1. The lowest BCUT2D eigenvalue weighted by atomic mass is 9.56. The highest BCUT2D eigenvalue weighted by molar-refractivity contribution is 5.21. The molecule has 28 heavy (non-hydrogen) atoms. The van der Waals surface area contributed by atoms with E-state index < -0.39 is 5.79 Å². The van der Waals surface area contributed by atoms with E-state index in [0.717, 1.165) is 36.5 Å². The predicted molar refractivity (Wildman–Crippen MR) is 119 cm³/mol. The Kier molecular flexibility index (Phi) is 10.7. The third kappa shape index (κ3) is 4.84. The molecule has 4 aliphatic rings. The summed E-state index contributed by atoms with van der Waals surface area (Å²) in [6.07, 6.45) is 11.9. The summed E-state index contributed by atoms with van der Waals surface area (Å²) in [5, 5.41) is 10.3. The van der Waals surface area contributed by atoms with Crippen molar-refractivity contribution in [3.05, 3.63) is 11.6 Å². The summed E-state index contributed by atoms with van der Waals surface area (Å²) in [7, 11) is 1.78. The van der Waals surface area contributed by atoms with Crippen LogP contribution in [0.3, 0.4) is 0 Å². The molecule has 3 nitrogen and oxygen atoms in total. The molecule has 3 saturated carbocycles. The first kappa shape index (κ1) is 25.7. The lowest BCUT2D eigenvalue weighted by Gasteiger charge is -2.51. The second-order valence-corrected chi connectivity index (χ2v) is 8.23. The molecule has 0 spiro atoms. The fourth-order valence-corrected chi connectivity index (χ4v) is 6.52. The highest BCUT2D eigenvalue weighted by atomic mass is 16.7. The van der Waals surface area contributed by atoms with E-state index in [9.17, 15) is 5.11 Å². The number of allylic oxidation sites excluding steroid dienone is 1. The van der Waals surface area contributed by atoms with Crippen LogP contribution in [0.4, 0.5) is 0 Å². The van der Waals surface area contributed by atoms with E-state index in [1.165, 1.54) is 38.5 Å². The average Bonchev–Trinajstić information content (AvgIpc) is 3.12. The second kappa shape index (κ2) is 11.7. The van der Waals surface area contributed by atoms with Crippen LogP contribution in [-0.4, -0.2) is 30.7 Å². The first-order valence-electron chi connectivity index (χ1n) is 11.8. The summed E-state index contributed by atoms with van der Waals surface area (Å²) in [5.41, 5.74) is 1.60. The molecular weight excluding hydrogens is 348 g/mol. The summed E-state index contributed by atoms with van der Waals surface area (Å²) in [5.74, 6) is 3.39. The Morgan fingerprint density at radius 1 is 0.929 bits per heavy atom. The highest BCUT2D eigenvalue weighted by Gasteiger charge is 2.51. The molecule has 166 valence electrons. The zero-order valence-corrected chi connectivity index (χ0v) is 18.7. The first-order chi connectivity index (χ1) is 13.2. The molecule has 0 radical (unpaired) electrons. The van der Waals surface area contributed by atoms with Gasteiger partial charge >= 0.3 is 0 Å². The van der Waals surface area contributed by atoms with Crippen LogP contribution in [0.25, 0.3) is 0 Å². The molecule has 1 N–H and O–H groups in total. The number of hydrogen-bond acceptors (Lipinski definition) is 3. The third-order valence-corrected chi connectivity index (χ3v) is 7.48. The molecule has 4 aliphatic carbocycles. The van der Waals surface area contributed by atoms with E-state index >= 15 is 0 Å². The zero-order chi connectivity index (χ0) is 20.0. The molecule has 0 aliphatic heterocycles. The van der Waals surface area contributed by atoms with Crippen molar-refractivity contribution < 1.29 is 14.6 Å². The minimum Gasteiger partial charge on any atom is -0.393 e. The molecule has 0 aromatic heterocycles. The van der Waals surface area contributed by atoms with Gasteiger partial charge in [0.05, 0.1) is 6.10 Å². The van der Waals surface area contributed by atoms with Crippen molar-refractivity contribution in [2.75, 3.05) is 13.7 Å². The highest BCUT2D eigenvalue weighted by Crippen LogP contribution is 2.57. The van der Waals surface area contributed by atoms with Crippen LogP contribution in [0.2, 0.25) is 0 Å². The summed E-state index contributed by atoms with van der Waals surface area (Å²) in [4.78, 5) is 0. The van der Waals surface area contributed by atoms with Crippen molar-refractivity contribution in [3.63, 3.8) is 0 Å². The number of hydrogen-bond donors (Lipinski definition) is 1. The van der Waals surface area contributed by atoms with E-state index in [4.69, 9.17) is 9.47 Å². The van der Waals surface area contributed by atoms with Crippen LogP contribution in [0.15, 0.2) is 11.6 Å². The van der Waals surface area contributed by atoms with Crippen LogP contribution in [0, 0.1) is 29.6 Å². The summed E-state index contributed by atoms with van der Waals surface area (Å²) >= 11 is 0. The van der Waals surface area contributed by atoms with Crippen LogP contribution < -0.4 is 0 Å². The quantitative estimate of drug-likeness (QED) is 0.431. The molecule has 0 aromatic rings. The Morgan fingerprint density at radius 3 is 2.18 bits per heavy atom. The molecule has 4 rings (SSSR count). The molecule has 3 heteroatoms. The normalized spacial score (nSPS) is 40.8. The molecule has 3 fully saturated rings. The van der Waals surface area contributed by atoms with Gasteiger partial charge in [0.2, 0.25) is 0 Å². The molecule has 7 atom stereocenters. The van der Waals surface area contributed by atoms with Gasteiger partial charge in [-0.05, 0) is 87.5 Å². The predicted octanol–water partition coefficient (Wildman–Crippen LogP) is 6.60. The molecular formula is C25H48O3. The Bertz CT molecular complexity index is 474. The van der Waals surface area contributed by atoms with E-state index in [0.29, 0.717) is 12.5 Å². The van der Waals surface area contributed by atoms with E-state index in [1.54, 1.807) is 12.7 Å². The van der Waals surface area contributed by atoms with Crippen LogP contribution >= 0.6 is 0 Å². The molecule has 0 aromatic carbocycles. The Labute approximate surface area is 175 Å². The summed E-state index contributed by atoms with van der Waals surface area (Å²) < 4.78 is 11.7. The van der Waals surface area contributed by atoms with Crippen molar-refractivity contribution in [1.29, 1.82) is 0 Å². The second-order valence-electron chi connectivity index (χ2n) is 8.23. The average molecular weight is 397 g/mol. The number of rotatable bonds is 3. The Balaban J connectivity index is 0.000000739. The Morgan fingerprint density at radius 2 is 1.54 bits per heavy atom. The van der Waals surface area contributed by atoms with Crippen molar-refractivity contribution in [3.8, 4) is 0 Å². The molecule has 7 unspecified atom stereocenters. The molecule has 0 heterocycles. The van der Waals surface area contributed by atoms with E-state index in [2.05, 4.69) is 13.0 Å². The van der Waals surface area contributed by atoms with E-state index in [1.807, 2.05) is 27.7 Å². The minimum atomic E-state index is -0.464. The third-order valence-electron chi connectivity index (χ3n) is 7.48. The molecule has 0 saturated heterocycles. The number of aliphatic hydroxyl groups is 1. The summed E-state index contributed by atoms with van der Waals surface area (Å²) in [6.45, 7) is 10.8. The van der Waals surface area contributed by atoms with Gasteiger partial charge < -0.3 is 14.6 Å². The van der Waals surface area contributed by atoms with Crippen LogP contribution in [-0.2, 0) is 9.47 Å². The number of fused-ring (bicyclic) bond motifs is 5. The zero-order valence-electron chi connectivity index (χ0n) is 18.7. The fraction of sp³-hybridized carbons (Fsp3) is 0.920. The maximum Gasteiger partial charge on any atom is 0.187 e. The Hall–Kier alpha value is -0.380. The number of ether oxygens (including phenoxy) is 2. The lowest BCUT2D eigenvalue weighted by Crippen LogP contribution is -2.45. The van der Waals surface area contributed by atoms with Crippen molar-refractivity contribution >= 4 is 0 Å². The van der Waals surface area contributed by atoms with Crippen LogP contribution in [0.5, 0.6) is 0 Å². The maximum atomic E-state index is 10.3. The number of aliphatic hydroxyl groups excluding tert-OH is 1. The van der Waals surface area contributed by atoms with Gasteiger partial charge in [-0.1, -0.05) is 40.7 Å². The van der Waals surface area contributed by atoms with Gasteiger partial charge in [-0.2, -0.15) is 0 Å². The van der Waals surface area contributed by atoms with Crippen molar-refractivity contribution in [2.45, 2.75) is 105 Å². The summed E-state index contributed by atoms with van der Waals surface area (Å²) in [6, 6.07) is 0. The van der Waals surface area contributed by atoms with Gasteiger partial charge in [0.15, 0.2) is 5.79 Å². The lowest BCUT2D eigenvalue weighted by molar-refractivity contribution is -0.197. The minimum absolute atomic E-state index is 0. The van der Waals surface area contributed by atoms with Gasteiger partial charge in [0, 0.05) is 20.1 Å².